The number of nitrogens with zero attached hydrogens (tertiary/aromatic N) is 3. The second-order valence-electron chi connectivity index (χ2n) is 10.9. The van der Waals surface area contributed by atoms with Crippen molar-refractivity contribution in [3.63, 3.8) is 0 Å². The maximum absolute atomic E-state index is 6.33. The molecule has 0 saturated carbocycles. The Morgan fingerprint density at radius 3 is 2.00 bits per heavy atom. The van der Waals surface area contributed by atoms with E-state index in [1.807, 2.05) is 42.7 Å². The van der Waals surface area contributed by atoms with E-state index >= 15 is 0 Å². The van der Waals surface area contributed by atoms with Crippen molar-refractivity contribution in [2.24, 2.45) is 0 Å². The monoisotopic (exact) mass is 549 g/mol. The molecule has 9 rings (SSSR count). The van der Waals surface area contributed by atoms with Gasteiger partial charge in [-0.1, -0.05) is 78.9 Å². The molecule has 4 nitrogen and oxygen atoms in total. The van der Waals surface area contributed by atoms with E-state index in [4.69, 9.17) is 14.4 Å². The molecule has 0 fully saturated rings. The molecule has 0 aliphatic carbocycles. The smallest absolute Gasteiger partial charge is 0.136 e. The zero-order valence-electron chi connectivity index (χ0n) is 23.0. The topological polar surface area (TPSA) is 51.8 Å². The van der Waals surface area contributed by atoms with Gasteiger partial charge in [-0.3, -0.25) is 4.98 Å². The van der Waals surface area contributed by atoms with Crippen molar-refractivity contribution in [3.8, 4) is 33.6 Å². The van der Waals surface area contributed by atoms with Crippen LogP contribution < -0.4 is 0 Å². The molecule has 200 valence electrons. The fourth-order valence-electron chi connectivity index (χ4n) is 6.18. The Morgan fingerprint density at radius 1 is 0.465 bits per heavy atom. The van der Waals surface area contributed by atoms with Gasteiger partial charge in [-0.05, 0) is 65.0 Å². The van der Waals surface area contributed by atoms with Crippen molar-refractivity contribution in [3.05, 3.63) is 140 Å². The minimum atomic E-state index is 0.856. The van der Waals surface area contributed by atoms with E-state index < -0.39 is 0 Å². The molecule has 43 heavy (non-hydrogen) atoms. The van der Waals surface area contributed by atoms with Gasteiger partial charge in [-0.15, -0.1) is 0 Å². The van der Waals surface area contributed by atoms with Gasteiger partial charge in [0.15, 0.2) is 0 Å². The van der Waals surface area contributed by atoms with E-state index in [1.54, 1.807) is 0 Å². The van der Waals surface area contributed by atoms with E-state index in [2.05, 4.69) is 102 Å². The first-order chi connectivity index (χ1) is 21.3. The molecule has 0 N–H and O–H groups in total. The number of benzene rings is 5. The average molecular weight is 550 g/mol. The van der Waals surface area contributed by atoms with Crippen molar-refractivity contribution >= 4 is 54.5 Å². The number of hydrogen-bond donors (Lipinski definition) is 0. The highest BCUT2D eigenvalue weighted by Crippen LogP contribution is 2.39. The van der Waals surface area contributed by atoms with Gasteiger partial charge in [0.2, 0.25) is 0 Å². The summed E-state index contributed by atoms with van der Waals surface area (Å²) in [5, 5.41) is 6.59. The molecule has 9 aromatic rings. The average Bonchev–Trinajstić information content (AvgIpc) is 3.46. The fraction of sp³-hybridized carbons (Fsp3) is 0. The van der Waals surface area contributed by atoms with Crippen molar-refractivity contribution in [2.75, 3.05) is 0 Å². The van der Waals surface area contributed by atoms with E-state index in [0.29, 0.717) is 0 Å². The van der Waals surface area contributed by atoms with Crippen LogP contribution in [0.2, 0.25) is 0 Å². The van der Waals surface area contributed by atoms with Crippen LogP contribution in [0.5, 0.6) is 0 Å². The van der Waals surface area contributed by atoms with Gasteiger partial charge in [0, 0.05) is 50.5 Å². The van der Waals surface area contributed by atoms with Crippen molar-refractivity contribution in [1.29, 1.82) is 0 Å². The van der Waals surface area contributed by atoms with Crippen LogP contribution in [0.15, 0.2) is 144 Å². The van der Waals surface area contributed by atoms with Gasteiger partial charge < -0.3 is 4.42 Å². The van der Waals surface area contributed by atoms with E-state index in [1.165, 1.54) is 5.39 Å². The zero-order valence-corrected chi connectivity index (χ0v) is 23.0. The Hall–Kier alpha value is -5.87. The Morgan fingerprint density at radius 2 is 1.19 bits per heavy atom. The third-order valence-electron chi connectivity index (χ3n) is 8.33. The molecule has 4 aromatic heterocycles. The van der Waals surface area contributed by atoms with Gasteiger partial charge in [-0.2, -0.15) is 0 Å². The standard InChI is InChI=1S/C39H23N3O/c1-2-5-25(6-3-1)33-16-13-26-10-11-27-14-17-34(42-39(27)38(26)41-33)29-15-18-35-32(22-29)37-31(7-4-8-36(37)43-35)28-12-9-24-19-20-40-23-30(24)21-28/h1-23H. The number of furan rings is 1. The number of hydrogen-bond acceptors (Lipinski definition) is 4. The molecule has 0 saturated heterocycles. The predicted octanol–water partition coefficient (Wildman–Crippen LogP) is 10.2. The summed E-state index contributed by atoms with van der Waals surface area (Å²) in [6, 6.07) is 44.1. The lowest BCUT2D eigenvalue weighted by atomic mass is 9.97. The summed E-state index contributed by atoms with van der Waals surface area (Å²) in [5.74, 6) is 0. The minimum Gasteiger partial charge on any atom is -0.456 e. The SMILES string of the molecule is c1ccc(-c2ccc3ccc4ccc(-c5ccc6oc7cccc(-c8ccc9ccncc9c8)c7c6c5)nc4c3n2)cc1. The quantitative estimate of drug-likeness (QED) is 0.206. The predicted molar refractivity (Wildman–Crippen MR) is 176 cm³/mol. The molecule has 0 aliphatic rings. The summed E-state index contributed by atoms with van der Waals surface area (Å²) in [7, 11) is 0. The first-order valence-corrected chi connectivity index (χ1v) is 14.3. The first-order valence-electron chi connectivity index (χ1n) is 14.3. The first kappa shape index (κ1) is 23.8. The van der Waals surface area contributed by atoms with Crippen LogP contribution >= 0.6 is 0 Å². The van der Waals surface area contributed by atoms with Crippen molar-refractivity contribution in [1.82, 2.24) is 15.0 Å². The van der Waals surface area contributed by atoms with Gasteiger partial charge in [0.1, 0.15) is 11.2 Å². The Balaban J connectivity index is 1.22. The molecule has 5 aromatic carbocycles. The fourth-order valence-corrected chi connectivity index (χ4v) is 6.18. The third kappa shape index (κ3) is 3.88. The van der Waals surface area contributed by atoms with Gasteiger partial charge in [0.25, 0.3) is 0 Å². The van der Waals surface area contributed by atoms with E-state index in [-0.39, 0.29) is 0 Å². The summed E-state index contributed by atoms with van der Waals surface area (Å²) >= 11 is 0. The highest BCUT2D eigenvalue weighted by Gasteiger charge is 2.15. The van der Waals surface area contributed by atoms with Gasteiger partial charge >= 0.3 is 0 Å². The number of aromatic nitrogens is 3. The van der Waals surface area contributed by atoms with Crippen LogP contribution in [0, 0.1) is 0 Å². The largest absolute Gasteiger partial charge is 0.456 e. The molecule has 0 radical (unpaired) electrons. The molecule has 4 heteroatoms. The Bertz CT molecular complexity index is 2510. The van der Waals surface area contributed by atoms with E-state index in [0.717, 1.165) is 82.8 Å². The van der Waals surface area contributed by atoms with E-state index in [9.17, 15) is 0 Å². The molecular weight excluding hydrogens is 526 g/mol. The Labute approximate surface area is 246 Å². The van der Waals surface area contributed by atoms with Crippen LogP contribution in [0.3, 0.4) is 0 Å². The van der Waals surface area contributed by atoms with Gasteiger partial charge in [0.05, 0.1) is 22.4 Å². The summed E-state index contributed by atoms with van der Waals surface area (Å²) in [4.78, 5) is 14.6. The number of rotatable bonds is 3. The lowest BCUT2D eigenvalue weighted by Crippen LogP contribution is -1.91. The highest BCUT2D eigenvalue weighted by atomic mass is 16.3. The van der Waals surface area contributed by atoms with Gasteiger partial charge in [-0.25, -0.2) is 9.97 Å². The molecular formula is C39H23N3O. The summed E-state index contributed by atoms with van der Waals surface area (Å²) in [6.07, 6.45) is 3.74. The van der Waals surface area contributed by atoms with Crippen LogP contribution in [-0.2, 0) is 0 Å². The second kappa shape index (κ2) is 9.33. The summed E-state index contributed by atoms with van der Waals surface area (Å²) < 4.78 is 6.33. The Kier molecular flexibility index (Phi) is 5.16. The summed E-state index contributed by atoms with van der Waals surface area (Å²) in [5.41, 5.74) is 9.76. The molecule has 0 atom stereocenters. The minimum absolute atomic E-state index is 0.856. The molecule has 4 heterocycles. The third-order valence-corrected chi connectivity index (χ3v) is 8.33. The van der Waals surface area contributed by atoms with Crippen molar-refractivity contribution in [2.45, 2.75) is 0 Å². The molecule has 0 spiro atoms. The number of pyridine rings is 3. The molecule has 0 bridgehead atoms. The lowest BCUT2D eigenvalue weighted by molar-refractivity contribution is 0.669. The maximum Gasteiger partial charge on any atom is 0.136 e. The second-order valence-corrected chi connectivity index (χ2v) is 10.9. The molecule has 0 aliphatic heterocycles. The van der Waals surface area contributed by atoms with Crippen LogP contribution in [0.25, 0.3) is 88.2 Å². The number of fused-ring (bicyclic) bond motifs is 7. The molecule has 0 amide bonds. The summed E-state index contributed by atoms with van der Waals surface area (Å²) in [6.45, 7) is 0. The zero-order chi connectivity index (χ0) is 28.3. The lowest BCUT2D eigenvalue weighted by Gasteiger charge is -2.09. The highest BCUT2D eigenvalue weighted by molar-refractivity contribution is 6.14. The van der Waals surface area contributed by atoms with Crippen molar-refractivity contribution < 1.29 is 4.42 Å². The normalized spacial score (nSPS) is 11.7. The van der Waals surface area contributed by atoms with Crippen LogP contribution in [0.4, 0.5) is 0 Å². The molecule has 0 unspecified atom stereocenters. The van der Waals surface area contributed by atoms with Crippen LogP contribution in [0.1, 0.15) is 0 Å². The maximum atomic E-state index is 6.33. The van der Waals surface area contributed by atoms with Crippen LogP contribution in [-0.4, -0.2) is 15.0 Å².